The van der Waals surface area contributed by atoms with Crippen LogP contribution in [0.25, 0.3) is 0 Å². The van der Waals surface area contributed by atoms with Gasteiger partial charge in [0.2, 0.25) is 0 Å². The lowest BCUT2D eigenvalue weighted by molar-refractivity contribution is 0.632. The van der Waals surface area contributed by atoms with E-state index in [4.69, 9.17) is 4.89 Å². The predicted octanol–water partition coefficient (Wildman–Crippen LogP) is 1.59. The number of rotatable bonds is 0. The molecular weight excluding hydrogens is 127 g/mol. The number of allylic oxidation sites excluding steroid dienone is 1. The smallest absolute Gasteiger partial charge is 0.0421 e. The Morgan fingerprint density at radius 1 is 1.71 bits per heavy atom. The van der Waals surface area contributed by atoms with Crippen LogP contribution in [0, 0.1) is 0 Å². The highest BCUT2D eigenvalue weighted by Gasteiger charge is 2.02. The van der Waals surface area contributed by atoms with E-state index in [1.54, 1.807) is 11.8 Å². The average molecular weight is 134 g/mol. The van der Waals surface area contributed by atoms with Crippen molar-refractivity contribution in [3.8, 4) is 0 Å². The van der Waals surface area contributed by atoms with Gasteiger partial charge in [0.25, 0.3) is 0 Å². The van der Waals surface area contributed by atoms with Crippen molar-refractivity contribution in [1.82, 2.24) is 0 Å². The molecule has 0 aromatic rings. The van der Waals surface area contributed by atoms with Gasteiger partial charge < -0.3 is 4.89 Å². The maximum Gasteiger partial charge on any atom is 0.0421 e. The molecular formula is C4H7OPS. The van der Waals surface area contributed by atoms with Crippen LogP contribution in [0.5, 0.6) is 0 Å². The Bertz CT molecular complexity index is 83.8. The van der Waals surface area contributed by atoms with Crippen LogP contribution in [0.3, 0.4) is 0 Å². The number of hydrogen-bond donors (Lipinski definition) is 1. The molecule has 0 spiro atoms. The van der Waals surface area contributed by atoms with Gasteiger partial charge in [-0.3, -0.25) is 0 Å². The van der Waals surface area contributed by atoms with E-state index in [9.17, 15) is 0 Å². The summed E-state index contributed by atoms with van der Waals surface area (Å²) in [5, 5.41) is 2.05. The summed E-state index contributed by atoms with van der Waals surface area (Å²) < 4.78 is 0. The van der Waals surface area contributed by atoms with Crippen molar-refractivity contribution < 1.29 is 4.89 Å². The maximum atomic E-state index is 8.90. The molecule has 40 valence electrons. The van der Waals surface area contributed by atoms with Crippen molar-refractivity contribution >= 4 is 19.9 Å². The molecule has 3 heteroatoms. The van der Waals surface area contributed by atoms with Gasteiger partial charge in [-0.15, -0.1) is 11.8 Å². The molecule has 0 fully saturated rings. The maximum absolute atomic E-state index is 8.90. The Kier molecular flexibility index (Phi) is 2.17. The first-order valence-electron chi connectivity index (χ1n) is 2.10. The molecule has 1 aliphatic rings. The highest BCUT2D eigenvalue weighted by Crippen LogP contribution is 2.37. The second-order valence-corrected chi connectivity index (χ2v) is 4.37. The van der Waals surface area contributed by atoms with Gasteiger partial charge in [0.1, 0.15) is 0 Å². The standard InChI is InChI=1S/C4H7OPS/c5-6-2-1-3-7-4-6/h1,3,5H,2,4H2. The summed E-state index contributed by atoms with van der Waals surface area (Å²) in [4.78, 5) is 8.90. The third-order valence-corrected chi connectivity index (χ3v) is 3.54. The fraction of sp³-hybridized carbons (Fsp3) is 0.500. The summed E-state index contributed by atoms with van der Waals surface area (Å²) in [6, 6.07) is 0. The lowest BCUT2D eigenvalue weighted by Crippen LogP contribution is -1.84. The molecule has 1 heterocycles. The van der Waals surface area contributed by atoms with Crippen molar-refractivity contribution in [2.45, 2.75) is 0 Å². The molecule has 1 N–H and O–H groups in total. The Morgan fingerprint density at radius 3 is 2.86 bits per heavy atom. The van der Waals surface area contributed by atoms with Crippen molar-refractivity contribution in [3.63, 3.8) is 0 Å². The zero-order chi connectivity index (χ0) is 5.11. The summed E-state index contributed by atoms with van der Waals surface area (Å²) in [7, 11) is -0.615. The van der Waals surface area contributed by atoms with Crippen LogP contribution in [-0.2, 0) is 0 Å². The Balaban J connectivity index is 2.32. The minimum absolute atomic E-state index is 0.615. The van der Waals surface area contributed by atoms with Crippen LogP contribution in [0.2, 0.25) is 0 Å². The van der Waals surface area contributed by atoms with E-state index in [2.05, 4.69) is 5.41 Å². The third-order valence-electron chi connectivity index (χ3n) is 0.732. The molecule has 7 heavy (non-hydrogen) atoms. The SMILES string of the molecule is OP1CC=CSC1. The van der Waals surface area contributed by atoms with Gasteiger partial charge in [-0.05, 0) is 5.41 Å². The summed E-state index contributed by atoms with van der Waals surface area (Å²) >= 11 is 1.70. The van der Waals surface area contributed by atoms with Gasteiger partial charge in [-0.25, -0.2) is 0 Å². The van der Waals surface area contributed by atoms with Crippen LogP contribution < -0.4 is 0 Å². The van der Waals surface area contributed by atoms with Crippen LogP contribution in [0.1, 0.15) is 0 Å². The Morgan fingerprint density at radius 2 is 2.57 bits per heavy atom. The van der Waals surface area contributed by atoms with Crippen molar-refractivity contribution in [2.24, 2.45) is 0 Å². The summed E-state index contributed by atoms with van der Waals surface area (Å²) in [6.07, 6.45) is 2.93. The minimum atomic E-state index is -0.615. The zero-order valence-electron chi connectivity index (χ0n) is 3.87. The van der Waals surface area contributed by atoms with Gasteiger partial charge in [-0.1, -0.05) is 6.08 Å². The Hall–Kier alpha value is 0.480. The lowest BCUT2D eigenvalue weighted by atomic mass is 10.8. The van der Waals surface area contributed by atoms with Crippen molar-refractivity contribution in [2.75, 3.05) is 11.7 Å². The molecule has 0 radical (unpaired) electrons. The molecule has 0 aliphatic carbocycles. The molecule has 0 amide bonds. The summed E-state index contributed by atoms with van der Waals surface area (Å²) in [5.41, 5.74) is 0.936. The summed E-state index contributed by atoms with van der Waals surface area (Å²) in [6.45, 7) is 0. The predicted molar refractivity (Wildman–Crippen MR) is 35.6 cm³/mol. The van der Waals surface area contributed by atoms with Gasteiger partial charge in [-0.2, -0.15) is 0 Å². The van der Waals surface area contributed by atoms with Gasteiger partial charge in [0.15, 0.2) is 0 Å². The van der Waals surface area contributed by atoms with Crippen LogP contribution in [0.4, 0.5) is 0 Å². The minimum Gasteiger partial charge on any atom is -0.373 e. The van der Waals surface area contributed by atoms with Crippen LogP contribution in [0.15, 0.2) is 11.5 Å². The largest absolute Gasteiger partial charge is 0.373 e. The van der Waals surface area contributed by atoms with E-state index in [-0.39, 0.29) is 0 Å². The molecule has 0 bridgehead atoms. The van der Waals surface area contributed by atoms with E-state index in [0.29, 0.717) is 0 Å². The van der Waals surface area contributed by atoms with E-state index in [0.717, 1.165) is 11.7 Å². The number of hydrogen-bond acceptors (Lipinski definition) is 2. The van der Waals surface area contributed by atoms with E-state index >= 15 is 0 Å². The first-order valence-corrected chi connectivity index (χ1v) is 4.81. The highest BCUT2D eigenvalue weighted by atomic mass is 32.2. The molecule has 0 aromatic heterocycles. The molecule has 0 saturated heterocycles. The van der Waals surface area contributed by atoms with E-state index in [1.165, 1.54) is 0 Å². The molecule has 0 aromatic carbocycles. The summed E-state index contributed by atoms with van der Waals surface area (Å²) in [5.74, 6) is 0. The fourth-order valence-corrected chi connectivity index (χ4v) is 2.59. The molecule has 1 unspecified atom stereocenters. The van der Waals surface area contributed by atoms with Crippen LogP contribution >= 0.6 is 19.9 Å². The van der Waals surface area contributed by atoms with E-state index < -0.39 is 8.15 Å². The molecule has 1 rings (SSSR count). The molecule has 1 nitrogen and oxygen atoms in total. The van der Waals surface area contributed by atoms with Gasteiger partial charge >= 0.3 is 0 Å². The number of thioether (sulfide) groups is 1. The Labute approximate surface area is 48.6 Å². The molecule has 0 saturated carbocycles. The quantitative estimate of drug-likeness (QED) is 0.508. The van der Waals surface area contributed by atoms with E-state index in [1.807, 2.05) is 6.08 Å². The van der Waals surface area contributed by atoms with Crippen molar-refractivity contribution in [3.05, 3.63) is 11.5 Å². The first-order chi connectivity index (χ1) is 3.39. The second-order valence-electron chi connectivity index (χ2n) is 1.36. The third kappa shape index (κ3) is 1.81. The average Bonchev–Trinajstić information content (AvgIpc) is 1.69. The van der Waals surface area contributed by atoms with Crippen LogP contribution in [-0.4, -0.2) is 16.5 Å². The lowest BCUT2D eigenvalue weighted by Gasteiger charge is -2.08. The first kappa shape index (κ1) is 5.61. The fourth-order valence-electron chi connectivity index (χ4n) is 0.415. The highest BCUT2D eigenvalue weighted by molar-refractivity contribution is 8.07. The topological polar surface area (TPSA) is 20.2 Å². The normalized spacial score (nSPS) is 30.7. The molecule has 1 aliphatic heterocycles. The second kappa shape index (κ2) is 2.71. The molecule has 1 atom stereocenters. The van der Waals surface area contributed by atoms with Gasteiger partial charge in [0, 0.05) is 19.8 Å². The van der Waals surface area contributed by atoms with Crippen molar-refractivity contribution in [1.29, 1.82) is 0 Å². The van der Waals surface area contributed by atoms with Gasteiger partial charge in [0.05, 0.1) is 0 Å². The monoisotopic (exact) mass is 134 g/mol. The zero-order valence-corrected chi connectivity index (χ0v) is 5.58.